The van der Waals surface area contributed by atoms with Crippen molar-refractivity contribution in [3.8, 4) is 0 Å². The first kappa shape index (κ1) is 13.1. The van der Waals surface area contributed by atoms with Crippen molar-refractivity contribution in [3.05, 3.63) is 21.4 Å². The van der Waals surface area contributed by atoms with E-state index in [1.807, 2.05) is 0 Å². The first-order chi connectivity index (χ1) is 9.22. The molecule has 2 heterocycles. The molecule has 1 aliphatic heterocycles. The number of thiophene rings is 1. The molecule has 4 heteroatoms. The molecular formula is C15H22N2OS. The third kappa shape index (κ3) is 3.00. The molecule has 1 aromatic heterocycles. The molecule has 104 valence electrons. The van der Waals surface area contributed by atoms with E-state index < -0.39 is 0 Å². The van der Waals surface area contributed by atoms with Crippen molar-refractivity contribution < 1.29 is 4.79 Å². The van der Waals surface area contributed by atoms with Crippen LogP contribution in [-0.4, -0.2) is 25.0 Å². The third-order valence-electron chi connectivity index (χ3n) is 4.22. The molecule has 0 radical (unpaired) electrons. The van der Waals surface area contributed by atoms with Gasteiger partial charge in [0.1, 0.15) is 0 Å². The molecule has 2 atom stereocenters. The van der Waals surface area contributed by atoms with Gasteiger partial charge in [0.15, 0.2) is 0 Å². The van der Waals surface area contributed by atoms with E-state index in [4.69, 9.17) is 0 Å². The summed E-state index contributed by atoms with van der Waals surface area (Å²) in [7, 11) is 0. The summed E-state index contributed by atoms with van der Waals surface area (Å²) >= 11 is 1.70. The topological polar surface area (TPSA) is 41.1 Å². The summed E-state index contributed by atoms with van der Waals surface area (Å²) in [5, 5.41) is 6.48. The lowest BCUT2D eigenvalue weighted by molar-refractivity contribution is 0.0954. The van der Waals surface area contributed by atoms with Crippen LogP contribution >= 0.6 is 11.3 Å². The Hall–Kier alpha value is -0.870. The average molecular weight is 278 g/mol. The molecule has 0 bridgehead atoms. The van der Waals surface area contributed by atoms with Gasteiger partial charge in [-0.25, -0.2) is 0 Å². The van der Waals surface area contributed by atoms with E-state index in [0.717, 1.165) is 36.7 Å². The van der Waals surface area contributed by atoms with Gasteiger partial charge in [-0.15, -0.1) is 11.3 Å². The molecule has 2 unspecified atom stereocenters. The summed E-state index contributed by atoms with van der Waals surface area (Å²) in [6.07, 6.45) is 5.97. The van der Waals surface area contributed by atoms with Crippen molar-refractivity contribution in [2.24, 2.45) is 5.92 Å². The minimum atomic E-state index is 0.112. The summed E-state index contributed by atoms with van der Waals surface area (Å²) in [6, 6.07) is 2.59. The third-order valence-corrected chi connectivity index (χ3v) is 5.46. The predicted octanol–water partition coefficient (Wildman–Crippen LogP) is 2.35. The molecule has 3 rings (SSSR count). The zero-order valence-electron chi connectivity index (χ0n) is 11.5. The first-order valence-electron chi connectivity index (χ1n) is 7.35. The molecule has 1 aromatic rings. The van der Waals surface area contributed by atoms with E-state index in [-0.39, 0.29) is 5.91 Å². The quantitative estimate of drug-likeness (QED) is 0.891. The van der Waals surface area contributed by atoms with Gasteiger partial charge in [0.05, 0.1) is 4.88 Å². The molecule has 1 fully saturated rings. The monoisotopic (exact) mass is 278 g/mol. The predicted molar refractivity (Wildman–Crippen MR) is 78.9 cm³/mol. The summed E-state index contributed by atoms with van der Waals surface area (Å²) in [6.45, 7) is 4.15. The Kier molecular flexibility index (Phi) is 3.89. The second-order valence-electron chi connectivity index (χ2n) is 5.91. The van der Waals surface area contributed by atoms with Crippen LogP contribution < -0.4 is 10.6 Å². The highest BCUT2D eigenvalue weighted by atomic mass is 32.1. The van der Waals surface area contributed by atoms with Crippen LogP contribution in [0.15, 0.2) is 6.07 Å². The lowest BCUT2D eigenvalue weighted by Gasteiger charge is -2.16. The van der Waals surface area contributed by atoms with Crippen molar-refractivity contribution in [2.75, 3.05) is 13.1 Å². The van der Waals surface area contributed by atoms with Gasteiger partial charge in [-0.05, 0) is 56.2 Å². The lowest BCUT2D eigenvalue weighted by atomic mass is 9.90. The molecular weight excluding hydrogens is 256 g/mol. The van der Waals surface area contributed by atoms with Crippen molar-refractivity contribution in [1.82, 2.24) is 10.6 Å². The Morgan fingerprint density at radius 3 is 3.21 bits per heavy atom. The summed E-state index contributed by atoms with van der Waals surface area (Å²) < 4.78 is 0. The molecule has 1 amide bonds. The largest absolute Gasteiger partial charge is 0.350 e. The fourth-order valence-corrected chi connectivity index (χ4v) is 4.18. The number of rotatable bonds is 3. The van der Waals surface area contributed by atoms with Gasteiger partial charge < -0.3 is 10.6 Å². The van der Waals surface area contributed by atoms with Crippen molar-refractivity contribution >= 4 is 17.2 Å². The second-order valence-corrected chi connectivity index (χ2v) is 7.05. The van der Waals surface area contributed by atoms with Crippen LogP contribution in [0.4, 0.5) is 0 Å². The van der Waals surface area contributed by atoms with Gasteiger partial charge in [0, 0.05) is 17.5 Å². The Morgan fingerprint density at radius 2 is 2.42 bits per heavy atom. The fourth-order valence-electron chi connectivity index (χ4n) is 3.05. The number of hydrogen-bond acceptors (Lipinski definition) is 3. The average Bonchev–Trinajstić information content (AvgIpc) is 3.04. The first-order valence-corrected chi connectivity index (χ1v) is 8.17. The smallest absolute Gasteiger partial charge is 0.261 e. The summed E-state index contributed by atoms with van der Waals surface area (Å²) in [5.41, 5.74) is 1.41. The van der Waals surface area contributed by atoms with Gasteiger partial charge in [-0.3, -0.25) is 4.79 Å². The normalized spacial score (nSPS) is 26.2. The SMILES string of the molecule is CC1CCc2sc(C(=O)NCC3CCCN3)cc2C1. The number of nitrogens with one attached hydrogen (secondary N) is 2. The molecule has 3 nitrogen and oxygen atoms in total. The van der Waals surface area contributed by atoms with Crippen LogP contribution in [-0.2, 0) is 12.8 Å². The number of carbonyl (C=O) groups is 1. The van der Waals surface area contributed by atoms with E-state index in [1.165, 1.54) is 29.7 Å². The van der Waals surface area contributed by atoms with E-state index in [0.29, 0.717) is 6.04 Å². The van der Waals surface area contributed by atoms with E-state index in [2.05, 4.69) is 23.6 Å². The highest BCUT2D eigenvalue weighted by Crippen LogP contribution is 2.32. The Balaban J connectivity index is 1.60. The van der Waals surface area contributed by atoms with Gasteiger partial charge in [-0.1, -0.05) is 6.92 Å². The molecule has 1 saturated heterocycles. The van der Waals surface area contributed by atoms with Crippen LogP contribution in [0.25, 0.3) is 0 Å². The zero-order chi connectivity index (χ0) is 13.2. The van der Waals surface area contributed by atoms with E-state index >= 15 is 0 Å². The minimum absolute atomic E-state index is 0.112. The number of hydrogen-bond donors (Lipinski definition) is 2. The standard InChI is InChI=1S/C15H22N2OS/c1-10-4-5-13-11(7-10)8-14(19-13)15(18)17-9-12-3-2-6-16-12/h8,10,12,16H,2-7,9H2,1H3,(H,17,18). The molecule has 0 saturated carbocycles. The summed E-state index contributed by atoms with van der Waals surface area (Å²) in [4.78, 5) is 14.5. The van der Waals surface area contributed by atoms with Gasteiger partial charge >= 0.3 is 0 Å². The van der Waals surface area contributed by atoms with Crippen LogP contribution in [0.2, 0.25) is 0 Å². The second kappa shape index (κ2) is 5.63. The van der Waals surface area contributed by atoms with Gasteiger partial charge in [0.25, 0.3) is 5.91 Å². The van der Waals surface area contributed by atoms with Crippen LogP contribution in [0, 0.1) is 5.92 Å². The van der Waals surface area contributed by atoms with Crippen LogP contribution in [0.1, 0.15) is 46.3 Å². The van der Waals surface area contributed by atoms with E-state index in [9.17, 15) is 4.79 Å². The molecule has 2 N–H and O–H groups in total. The van der Waals surface area contributed by atoms with Crippen molar-refractivity contribution in [3.63, 3.8) is 0 Å². The summed E-state index contributed by atoms with van der Waals surface area (Å²) in [5.74, 6) is 0.876. The zero-order valence-corrected chi connectivity index (χ0v) is 12.3. The number of aryl methyl sites for hydroxylation is 1. The fraction of sp³-hybridized carbons (Fsp3) is 0.667. The number of carbonyl (C=O) groups excluding carboxylic acids is 1. The maximum absolute atomic E-state index is 12.2. The Labute approximate surface area is 118 Å². The number of fused-ring (bicyclic) bond motifs is 1. The molecule has 1 aliphatic carbocycles. The molecule has 0 spiro atoms. The number of amides is 1. The molecule has 2 aliphatic rings. The van der Waals surface area contributed by atoms with Gasteiger partial charge in [0.2, 0.25) is 0 Å². The highest BCUT2D eigenvalue weighted by Gasteiger charge is 2.21. The van der Waals surface area contributed by atoms with Crippen LogP contribution in [0.5, 0.6) is 0 Å². The Bertz CT molecular complexity index is 463. The van der Waals surface area contributed by atoms with Crippen molar-refractivity contribution in [1.29, 1.82) is 0 Å². The molecule has 19 heavy (non-hydrogen) atoms. The maximum Gasteiger partial charge on any atom is 0.261 e. The van der Waals surface area contributed by atoms with Gasteiger partial charge in [-0.2, -0.15) is 0 Å². The van der Waals surface area contributed by atoms with Crippen LogP contribution in [0.3, 0.4) is 0 Å². The lowest BCUT2D eigenvalue weighted by Crippen LogP contribution is -2.36. The maximum atomic E-state index is 12.2. The highest BCUT2D eigenvalue weighted by molar-refractivity contribution is 7.14. The Morgan fingerprint density at radius 1 is 1.53 bits per heavy atom. The van der Waals surface area contributed by atoms with E-state index in [1.54, 1.807) is 11.3 Å². The van der Waals surface area contributed by atoms with Crippen molar-refractivity contribution in [2.45, 2.75) is 45.1 Å². The minimum Gasteiger partial charge on any atom is -0.350 e. The molecule has 0 aromatic carbocycles.